The number of hydrogen-bond acceptors (Lipinski definition) is 6. The molecule has 0 saturated heterocycles. The van der Waals surface area contributed by atoms with Crippen LogP contribution in [-0.4, -0.2) is 36.6 Å². The molecule has 174 valence electrons. The molecule has 0 aliphatic carbocycles. The predicted molar refractivity (Wildman–Crippen MR) is 130 cm³/mol. The van der Waals surface area contributed by atoms with E-state index in [1.807, 2.05) is 36.4 Å². The monoisotopic (exact) mass is 467 g/mol. The summed E-state index contributed by atoms with van der Waals surface area (Å²) in [5.41, 5.74) is 7.63. The molecule has 0 unspecified atom stereocenters. The number of aromatic nitrogens is 5. The van der Waals surface area contributed by atoms with Gasteiger partial charge in [0, 0.05) is 17.5 Å². The molecule has 0 aliphatic heterocycles. The van der Waals surface area contributed by atoms with Crippen molar-refractivity contribution in [2.45, 2.75) is 20.0 Å². The predicted octanol–water partition coefficient (Wildman–Crippen LogP) is 2.28. The van der Waals surface area contributed by atoms with Gasteiger partial charge in [-0.2, -0.15) is 5.10 Å². The minimum atomic E-state index is -0.619. The zero-order chi connectivity index (χ0) is 24.4. The van der Waals surface area contributed by atoms with E-state index in [4.69, 9.17) is 0 Å². The summed E-state index contributed by atoms with van der Waals surface area (Å²) in [5, 5.41) is 13.3. The van der Waals surface area contributed by atoms with Crippen molar-refractivity contribution in [3.05, 3.63) is 100.0 Å². The van der Waals surface area contributed by atoms with Gasteiger partial charge in [0.2, 0.25) is 0 Å². The summed E-state index contributed by atoms with van der Waals surface area (Å²) in [7, 11) is 0. The van der Waals surface area contributed by atoms with Gasteiger partial charge in [-0.25, -0.2) is 9.36 Å². The van der Waals surface area contributed by atoms with Crippen molar-refractivity contribution in [1.82, 2.24) is 35.6 Å². The molecule has 0 atom stereocenters. The number of rotatable bonds is 5. The number of aryl methyl sites for hydroxylation is 1. The van der Waals surface area contributed by atoms with Gasteiger partial charge < -0.3 is 0 Å². The summed E-state index contributed by atoms with van der Waals surface area (Å²) in [6.45, 7) is 2.58. The summed E-state index contributed by atoms with van der Waals surface area (Å²) in [5.74, 6) is -1.10. The SMILES string of the molecule is CCn1nc(C(=O)NNC(=O)c2ccc(Cn3nnc4ccccc43)cc2)c2ccccc2c1=O. The van der Waals surface area contributed by atoms with Gasteiger partial charge in [0.15, 0.2) is 5.69 Å². The number of fused-ring (bicyclic) bond motifs is 2. The fraction of sp³-hybridized carbons (Fsp3) is 0.120. The van der Waals surface area contributed by atoms with Crippen LogP contribution in [0.4, 0.5) is 0 Å². The Morgan fingerprint density at radius 1 is 0.829 bits per heavy atom. The summed E-state index contributed by atoms with van der Waals surface area (Å²) in [6.07, 6.45) is 0. The highest BCUT2D eigenvalue weighted by Crippen LogP contribution is 2.14. The molecule has 0 bridgehead atoms. The Labute approximate surface area is 199 Å². The minimum absolute atomic E-state index is 0.0535. The van der Waals surface area contributed by atoms with E-state index in [0.29, 0.717) is 29.4 Å². The van der Waals surface area contributed by atoms with E-state index >= 15 is 0 Å². The van der Waals surface area contributed by atoms with Crippen molar-refractivity contribution in [2.24, 2.45) is 0 Å². The number of amides is 2. The Hall–Kier alpha value is -4.86. The standard InChI is InChI=1S/C25H21N7O3/c1-2-31-25(35)19-8-4-3-7-18(19)22(29-31)24(34)28-27-23(33)17-13-11-16(12-14-17)15-32-21-10-6-5-9-20(21)26-30-32/h3-14H,2,15H2,1H3,(H,27,33)(H,28,34). The molecule has 10 nitrogen and oxygen atoms in total. The lowest BCUT2D eigenvalue weighted by Gasteiger charge is -2.11. The number of hydrazine groups is 1. The molecule has 2 amide bonds. The molecule has 3 aromatic carbocycles. The van der Waals surface area contributed by atoms with Gasteiger partial charge in [0.25, 0.3) is 17.4 Å². The second kappa shape index (κ2) is 9.18. The highest BCUT2D eigenvalue weighted by Gasteiger charge is 2.17. The maximum absolute atomic E-state index is 12.8. The lowest BCUT2D eigenvalue weighted by molar-refractivity contribution is 0.0843. The molecular formula is C25H21N7O3. The number of carbonyl (C=O) groups excluding carboxylic acids is 2. The van der Waals surface area contributed by atoms with Gasteiger partial charge in [0.1, 0.15) is 5.52 Å². The average Bonchev–Trinajstić information content (AvgIpc) is 3.30. The van der Waals surface area contributed by atoms with Gasteiger partial charge in [-0.15, -0.1) is 5.10 Å². The van der Waals surface area contributed by atoms with Crippen LogP contribution < -0.4 is 16.4 Å². The van der Waals surface area contributed by atoms with E-state index in [1.165, 1.54) is 4.68 Å². The summed E-state index contributed by atoms with van der Waals surface area (Å²) >= 11 is 0. The van der Waals surface area contributed by atoms with Gasteiger partial charge in [-0.3, -0.25) is 25.2 Å². The van der Waals surface area contributed by atoms with Crippen molar-refractivity contribution in [2.75, 3.05) is 0 Å². The Balaban J connectivity index is 1.28. The van der Waals surface area contributed by atoms with Gasteiger partial charge in [0.05, 0.1) is 17.4 Å². The van der Waals surface area contributed by atoms with Crippen LogP contribution in [0.5, 0.6) is 0 Å². The number of para-hydroxylation sites is 1. The van der Waals surface area contributed by atoms with Gasteiger partial charge in [-0.1, -0.05) is 47.7 Å². The molecule has 0 saturated carbocycles. The van der Waals surface area contributed by atoms with Crippen LogP contribution in [0.25, 0.3) is 21.8 Å². The number of hydrogen-bond donors (Lipinski definition) is 2. The van der Waals surface area contributed by atoms with Crippen LogP contribution in [0.15, 0.2) is 77.6 Å². The summed E-state index contributed by atoms with van der Waals surface area (Å²) in [6, 6.07) is 21.4. The molecule has 10 heteroatoms. The van der Waals surface area contributed by atoms with Crippen LogP contribution in [0.3, 0.4) is 0 Å². The first-order chi connectivity index (χ1) is 17.0. The van der Waals surface area contributed by atoms with Crippen molar-refractivity contribution in [1.29, 1.82) is 0 Å². The Morgan fingerprint density at radius 3 is 2.29 bits per heavy atom. The van der Waals surface area contributed by atoms with E-state index in [0.717, 1.165) is 16.6 Å². The van der Waals surface area contributed by atoms with E-state index in [1.54, 1.807) is 48.0 Å². The highest BCUT2D eigenvalue weighted by molar-refractivity contribution is 6.06. The Kier molecular flexibility index (Phi) is 5.76. The lowest BCUT2D eigenvalue weighted by atomic mass is 10.1. The molecule has 0 aliphatic rings. The topological polar surface area (TPSA) is 124 Å². The third-order valence-electron chi connectivity index (χ3n) is 5.64. The molecule has 2 N–H and O–H groups in total. The molecule has 5 rings (SSSR count). The van der Waals surface area contributed by atoms with E-state index in [9.17, 15) is 14.4 Å². The maximum atomic E-state index is 12.8. The fourth-order valence-corrected chi connectivity index (χ4v) is 3.83. The molecule has 5 aromatic rings. The summed E-state index contributed by atoms with van der Waals surface area (Å²) < 4.78 is 3.01. The second-order valence-electron chi connectivity index (χ2n) is 7.86. The highest BCUT2D eigenvalue weighted by atomic mass is 16.2. The molecular weight excluding hydrogens is 446 g/mol. The summed E-state index contributed by atoms with van der Waals surface area (Å²) in [4.78, 5) is 37.9. The molecule has 2 aromatic heterocycles. The van der Waals surface area contributed by atoms with Crippen LogP contribution in [-0.2, 0) is 13.1 Å². The molecule has 35 heavy (non-hydrogen) atoms. The first kappa shape index (κ1) is 22.0. The number of nitrogens with one attached hydrogen (secondary N) is 2. The number of carbonyl (C=O) groups is 2. The van der Waals surface area contributed by atoms with Crippen LogP contribution in [0.1, 0.15) is 33.3 Å². The largest absolute Gasteiger partial charge is 0.290 e. The van der Waals surface area contributed by atoms with Gasteiger partial charge in [-0.05, 0) is 42.8 Å². The normalized spacial score (nSPS) is 11.0. The van der Waals surface area contributed by atoms with E-state index < -0.39 is 11.8 Å². The second-order valence-corrected chi connectivity index (χ2v) is 7.86. The van der Waals surface area contributed by atoms with Gasteiger partial charge >= 0.3 is 0 Å². The third-order valence-corrected chi connectivity index (χ3v) is 5.64. The Morgan fingerprint density at radius 2 is 1.51 bits per heavy atom. The number of nitrogens with zero attached hydrogens (tertiary/aromatic N) is 5. The smallest absolute Gasteiger partial charge is 0.267 e. The Bertz CT molecular complexity index is 1620. The average molecular weight is 467 g/mol. The zero-order valence-corrected chi connectivity index (χ0v) is 18.8. The minimum Gasteiger partial charge on any atom is -0.267 e. The van der Waals surface area contributed by atoms with Crippen LogP contribution in [0.2, 0.25) is 0 Å². The van der Waals surface area contributed by atoms with Crippen LogP contribution in [0, 0.1) is 0 Å². The zero-order valence-electron chi connectivity index (χ0n) is 18.8. The molecule has 2 heterocycles. The first-order valence-corrected chi connectivity index (χ1v) is 11.0. The van der Waals surface area contributed by atoms with Crippen LogP contribution >= 0.6 is 0 Å². The fourth-order valence-electron chi connectivity index (χ4n) is 3.83. The molecule has 0 spiro atoms. The quantitative estimate of drug-likeness (QED) is 0.382. The van der Waals surface area contributed by atoms with E-state index in [2.05, 4.69) is 26.3 Å². The lowest BCUT2D eigenvalue weighted by Crippen LogP contribution is -2.42. The molecule has 0 fully saturated rings. The molecule has 0 radical (unpaired) electrons. The first-order valence-electron chi connectivity index (χ1n) is 11.0. The van der Waals surface area contributed by atoms with Crippen molar-refractivity contribution >= 4 is 33.6 Å². The number of benzene rings is 3. The van der Waals surface area contributed by atoms with Crippen molar-refractivity contribution < 1.29 is 9.59 Å². The van der Waals surface area contributed by atoms with Crippen molar-refractivity contribution in [3.8, 4) is 0 Å². The van der Waals surface area contributed by atoms with Crippen molar-refractivity contribution in [3.63, 3.8) is 0 Å². The maximum Gasteiger partial charge on any atom is 0.290 e. The van der Waals surface area contributed by atoms with E-state index in [-0.39, 0.29) is 11.3 Å². The third kappa shape index (κ3) is 4.24.